The molecule has 0 heterocycles. The first-order valence-corrected chi connectivity index (χ1v) is 4.57. The molecule has 0 saturated carbocycles. The molecule has 0 radical (unpaired) electrons. The van der Waals surface area contributed by atoms with E-state index in [0.29, 0.717) is 5.56 Å². The van der Waals surface area contributed by atoms with Gasteiger partial charge in [0.2, 0.25) is 0 Å². The van der Waals surface area contributed by atoms with E-state index < -0.39 is 6.09 Å². The van der Waals surface area contributed by atoms with Gasteiger partial charge in [0.1, 0.15) is 6.07 Å². The second kappa shape index (κ2) is 5.51. The molecule has 0 bridgehead atoms. The minimum Gasteiger partial charge on any atom is -0.312 e. The van der Waals surface area contributed by atoms with Gasteiger partial charge in [0.05, 0.1) is 0 Å². The highest BCUT2D eigenvalue weighted by Gasteiger charge is 2.07. The Morgan fingerprint density at radius 3 is 2.50 bits per heavy atom. The minimum atomic E-state index is -0.622. The van der Waals surface area contributed by atoms with Crippen LogP contribution >= 0.6 is 0 Å². The van der Waals surface area contributed by atoms with E-state index in [1.807, 2.05) is 12.1 Å². The Labute approximate surface area is 93.5 Å². The first-order chi connectivity index (χ1) is 7.65. The number of rotatable bonds is 2. The van der Waals surface area contributed by atoms with Crippen molar-refractivity contribution < 1.29 is 9.63 Å². The van der Waals surface area contributed by atoms with Gasteiger partial charge in [-0.05, 0) is 0 Å². The van der Waals surface area contributed by atoms with E-state index >= 15 is 0 Å². The third-order valence-electron chi connectivity index (χ3n) is 1.73. The molecule has 82 valence electrons. The van der Waals surface area contributed by atoms with E-state index in [2.05, 4.69) is 9.99 Å². The number of nitriles is 1. The predicted molar refractivity (Wildman–Crippen MR) is 58.8 cm³/mol. The zero-order chi connectivity index (χ0) is 12.0. The Morgan fingerprint density at radius 2 is 2.00 bits per heavy atom. The third-order valence-corrected chi connectivity index (χ3v) is 1.73. The van der Waals surface area contributed by atoms with Crippen molar-refractivity contribution in [1.29, 1.82) is 5.26 Å². The van der Waals surface area contributed by atoms with Crippen molar-refractivity contribution in [3.8, 4) is 6.07 Å². The van der Waals surface area contributed by atoms with Crippen molar-refractivity contribution >= 4 is 11.8 Å². The van der Waals surface area contributed by atoms with Gasteiger partial charge in [0, 0.05) is 19.7 Å². The van der Waals surface area contributed by atoms with Gasteiger partial charge in [-0.1, -0.05) is 35.5 Å². The number of amides is 1. The summed E-state index contributed by atoms with van der Waals surface area (Å²) >= 11 is 0. The summed E-state index contributed by atoms with van der Waals surface area (Å²) in [5.41, 5.74) is 0.673. The van der Waals surface area contributed by atoms with E-state index in [4.69, 9.17) is 5.26 Å². The Balaban J connectivity index is 2.81. The van der Waals surface area contributed by atoms with Crippen molar-refractivity contribution in [3.05, 3.63) is 35.9 Å². The number of oxime groups is 1. The Morgan fingerprint density at radius 1 is 1.38 bits per heavy atom. The molecular formula is C11H11N3O2. The summed E-state index contributed by atoms with van der Waals surface area (Å²) in [6.07, 6.45) is -0.622. The molecule has 0 unspecified atom stereocenters. The molecule has 0 aliphatic heterocycles. The van der Waals surface area contributed by atoms with Gasteiger partial charge in [-0.25, -0.2) is 4.79 Å². The molecule has 0 N–H and O–H groups in total. The maximum Gasteiger partial charge on any atom is 0.435 e. The van der Waals surface area contributed by atoms with Gasteiger partial charge in [0.15, 0.2) is 5.71 Å². The first kappa shape index (κ1) is 11.7. The quantitative estimate of drug-likeness (QED) is 0.429. The molecule has 0 saturated heterocycles. The SMILES string of the molecule is CN(C)C(=O)ON=C(C#N)c1ccccc1. The molecule has 0 spiro atoms. The van der Waals surface area contributed by atoms with Crippen molar-refractivity contribution in [1.82, 2.24) is 4.90 Å². The molecule has 1 aromatic carbocycles. The lowest BCUT2D eigenvalue weighted by atomic mass is 10.1. The van der Waals surface area contributed by atoms with Crippen molar-refractivity contribution in [3.63, 3.8) is 0 Å². The van der Waals surface area contributed by atoms with E-state index in [0.717, 1.165) is 0 Å². The van der Waals surface area contributed by atoms with Crippen LogP contribution in [-0.2, 0) is 4.84 Å². The molecular weight excluding hydrogens is 206 g/mol. The van der Waals surface area contributed by atoms with Gasteiger partial charge >= 0.3 is 6.09 Å². The molecule has 0 fully saturated rings. The summed E-state index contributed by atoms with van der Waals surface area (Å²) in [6, 6.07) is 10.7. The molecule has 1 amide bonds. The van der Waals surface area contributed by atoms with Crippen LogP contribution in [0.15, 0.2) is 35.5 Å². The van der Waals surface area contributed by atoms with Crippen LogP contribution in [0.5, 0.6) is 0 Å². The average molecular weight is 217 g/mol. The van der Waals surface area contributed by atoms with Crippen molar-refractivity contribution in [2.75, 3.05) is 14.1 Å². The Bertz CT molecular complexity index is 432. The molecule has 16 heavy (non-hydrogen) atoms. The molecule has 5 heteroatoms. The fraction of sp³-hybridized carbons (Fsp3) is 0.182. The van der Waals surface area contributed by atoms with Crippen LogP contribution in [-0.4, -0.2) is 30.8 Å². The van der Waals surface area contributed by atoms with Crippen molar-refractivity contribution in [2.45, 2.75) is 0 Å². The van der Waals surface area contributed by atoms with E-state index in [1.54, 1.807) is 24.3 Å². The number of hydrogen-bond acceptors (Lipinski definition) is 4. The maximum atomic E-state index is 11.1. The number of benzene rings is 1. The summed E-state index contributed by atoms with van der Waals surface area (Å²) in [5.74, 6) is 0. The number of hydrogen-bond donors (Lipinski definition) is 0. The van der Waals surface area contributed by atoms with Crippen LogP contribution in [0, 0.1) is 11.3 Å². The lowest BCUT2D eigenvalue weighted by Gasteiger charge is -2.06. The van der Waals surface area contributed by atoms with Gasteiger partial charge in [-0.15, -0.1) is 0 Å². The van der Waals surface area contributed by atoms with Gasteiger partial charge < -0.3 is 4.90 Å². The van der Waals surface area contributed by atoms with E-state index in [9.17, 15) is 4.79 Å². The Kier molecular flexibility index (Phi) is 4.04. The van der Waals surface area contributed by atoms with Crippen LogP contribution in [0.3, 0.4) is 0 Å². The van der Waals surface area contributed by atoms with E-state index in [-0.39, 0.29) is 5.71 Å². The van der Waals surface area contributed by atoms with Gasteiger partial charge in [0.25, 0.3) is 0 Å². The smallest absolute Gasteiger partial charge is 0.312 e. The average Bonchev–Trinajstić information content (AvgIpc) is 2.30. The fourth-order valence-electron chi connectivity index (χ4n) is 0.900. The maximum absolute atomic E-state index is 11.1. The molecule has 0 atom stereocenters. The molecule has 0 aliphatic carbocycles. The van der Waals surface area contributed by atoms with Crippen LogP contribution in [0.1, 0.15) is 5.56 Å². The third kappa shape index (κ3) is 3.10. The van der Waals surface area contributed by atoms with Crippen molar-refractivity contribution in [2.24, 2.45) is 5.16 Å². The van der Waals surface area contributed by atoms with Gasteiger partial charge in [-0.2, -0.15) is 5.26 Å². The molecule has 5 nitrogen and oxygen atoms in total. The zero-order valence-electron chi connectivity index (χ0n) is 9.04. The topological polar surface area (TPSA) is 65.7 Å². The summed E-state index contributed by atoms with van der Waals surface area (Å²) < 4.78 is 0. The molecule has 0 aliphatic rings. The lowest BCUT2D eigenvalue weighted by molar-refractivity contribution is 0.122. The summed E-state index contributed by atoms with van der Waals surface area (Å²) in [7, 11) is 3.07. The Hall–Kier alpha value is -2.35. The van der Waals surface area contributed by atoms with Crippen LogP contribution in [0.25, 0.3) is 0 Å². The monoisotopic (exact) mass is 217 g/mol. The summed E-state index contributed by atoms with van der Waals surface area (Å²) in [6.45, 7) is 0. The van der Waals surface area contributed by atoms with Crippen LogP contribution in [0.4, 0.5) is 4.79 Å². The first-order valence-electron chi connectivity index (χ1n) is 4.57. The minimum absolute atomic E-state index is 0.0656. The predicted octanol–water partition coefficient (Wildman–Crippen LogP) is 1.61. The molecule has 0 aromatic heterocycles. The highest BCUT2D eigenvalue weighted by Crippen LogP contribution is 2.01. The second-order valence-electron chi connectivity index (χ2n) is 3.17. The largest absolute Gasteiger partial charge is 0.435 e. The second-order valence-corrected chi connectivity index (χ2v) is 3.17. The zero-order valence-corrected chi connectivity index (χ0v) is 9.04. The molecule has 1 rings (SSSR count). The lowest BCUT2D eigenvalue weighted by Crippen LogP contribution is -2.21. The van der Waals surface area contributed by atoms with Crippen LogP contribution in [0.2, 0.25) is 0 Å². The van der Waals surface area contributed by atoms with Crippen LogP contribution < -0.4 is 0 Å². The summed E-state index contributed by atoms with van der Waals surface area (Å²) in [5, 5.41) is 12.3. The fourth-order valence-corrected chi connectivity index (χ4v) is 0.900. The summed E-state index contributed by atoms with van der Waals surface area (Å²) in [4.78, 5) is 16.9. The normalized spacial score (nSPS) is 10.4. The number of carbonyl (C=O) groups excluding carboxylic acids is 1. The van der Waals surface area contributed by atoms with Gasteiger partial charge in [-0.3, -0.25) is 4.84 Å². The number of carbonyl (C=O) groups is 1. The molecule has 1 aromatic rings. The highest BCUT2D eigenvalue weighted by atomic mass is 16.7. The number of nitrogens with zero attached hydrogens (tertiary/aromatic N) is 3. The standard InChI is InChI=1S/C11H11N3O2/c1-14(2)11(15)16-13-10(8-12)9-6-4-3-5-7-9/h3-7H,1-2H3. The highest BCUT2D eigenvalue weighted by molar-refractivity contribution is 6.11. The van der Waals surface area contributed by atoms with E-state index in [1.165, 1.54) is 19.0 Å².